The van der Waals surface area contributed by atoms with Crippen LogP contribution in [0.1, 0.15) is 47.5 Å². The summed E-state index contributed by atoms with van der Waals surface area (Å²) in [5, 5.41) is 2.90. The second kappa shape index (κ2) is 8.67. The van der Waals surface area contributed by atoms with Crippen molar-refractivity contribution in [1.29, 1.82) is 0 Å². The maximum atomic E-state index is 13.2. The standard InChI is InChI=1S/C19H36N4O4S/c1-13(2)17(24)20-10-16-18(25)23-11-14(21-28(6,26)27)9-15(23)12-22(16)8-7-19(3,4)5/h13-16,21H,7-12H2,1-6H3,(H,20,24)/t14-,15-,16-/m0/s1. The monoisotopic (exact) mass is 416 g/mol. The number of carbonyl (C=O) groups is 2. The van der Waals surface area contributed by atoms with Gasteiger partial charge in [-0.15, -0.1) is 0 Å². The van der Waals surface area contributed by atoms with E-state index in [-0.39, 0.29) is 41.8 Å². The molecule has 0 aromatic rings. The van der Waals surface area contributed by atoms with Crippen molar-refractivity contribution in [3.63, 3.8) is 0 Å². The van der Waals surface area contributed by atoms with Crippen LogP contribution in [0, 0.1) is 11.3 Å². The third-order valence-corrected chi connectivity index (χ3v) is 6.15. The second-order valence-corrected chi connectivity index (χ2v) is 11.5. The topological polar surface area (TPSA) is 98.8 Å². The van der Waals surface area contributed by atoms with E-state index in [0.29, 0.717) is 19.5 Å². The van der Waals surface area contributed by atoms with Crippen molar-refractivity contribution in [2.45, 2.75) is 65.6 Å². The zero-order valence-corrected chi connectivity index (χ0v) is 18.8. The minimum atomic E-state index is -3.31. The first-order valence-electron chi connectivity index (χ1n) is 10.1. The molecule has 2 N–H and O–H groups in total. The molecule has 0 spiro atoms. The molecule has 9 heteroatoms. The van der Waals surface area contributed by atoms with Gasteiger partial charge >= 0.3 is 0 Å². The molecule has 2 amide bonds. The molecule has 0 unspecified atom stereocenters. The molecule has 2 rings (SSSR count). The lowest BCUT2D eigenvalue weighted by Gasteiger charge is -2.43. The van der Waals surface area contributed by atoms with Gasteiger partial charge in [0, 0.05) is 37.6 Å². The van der Waals surface area contributed by atoms with E-state index in [4.69, 9.17) is 0 Å². The van der Waals surface area contributed by atoms with Gasteiger partial charge in [-0.25, -0.2) is 13.1 Å². The molecule has 0 aromatic heterocycles. The summed E-state index contributed by atoms with van der Waals surface area (Å²) in [5.74, 6) is -0.222. The predicted molar refractivity (Wildman–Crippen MR) is 109 cm³/mol. The number of rotatable bonds is 7. The van der Waals surface area contributed by atoms with Crippen LogP contribution in [-0.4, -0.2) is 80.6 Å². The lowest BCUT2D eigenvalue weighted by molar-refractivity contribution is -0.144. The maximum Gasteiger partial charge on any atom is 0.242 e. The highest BCUT2D eigenvalue weighted by Gasteiger charge is 2.45. The van der Waals surface area contributed by atoms with Gasteiger partial charge in [-0.1, -0.05) is 34.6 Å². The average Bonchev–Trinajstić information content (AvgIpc) is 2.91. The molecule has 0 bridgehead atoms. The van der Waals surface area contributed by atoms with E-state index in [1.54, 1.807) is 4.90 Å². The predicted octanol–water partition coefficient (Wildman–Crippen LogP) is 0.398. The number of sulfonamides is 1. The van der Waals surface area contributed by atoms with E-state index in [0.717, 1.165) is 19.2 Å². The number of piperazine rings is 1. The summed E-state index contributed by atoms with van der Waals surface area (Å²) in [7, 11) is -3.31. The number of hydrogen-bond acceptors (Lipinski definition) is 5. The molecule has 8 nitrogen and oxygen atoms in total. The van der Waals surface area contributed by atoms with Crippen molar-refractivity contribution in [1.82, 2.24) is 19.8 Å². The van der Waals surface area contributed by atoms with Crippen molar-refractivity contribution in [2.24, 2.45) is 11.3 Å². The summed E-state index contributed by atoms with van der Waals surface area (Å²) in [4.78, 5) is 29.2. The molecule has 2 aliphatic heterocycles. The van der Waals surface area contributed by atoms with Gasteiger partial charge < -0.3 is 10.2 Å². The number of hydrogen-bond donors (Lipinski definition) is 2. The molecule has 162 valence electrons. The number of fused-ring (bicyclic) bond motifs is 1. The lowest BCUT2D eigenvalue weighted by Crippen LogP contribution is -2.63. The highest BCUT2D eigenvalue weighted by molar-refractivity contribution is 7.88. The smallest absolute Gasteiger partial charge is 0.242 e. The molecule has 0 aromatic carbocycles. The quantitative estimate of drug-likeness (QED) is 0.626. The maximum absolute atomic E-state index is 13.2. The zero-order chi connectivity index (χ0) is 21.3. The molecule has 2 saturated heterocycles. The minimum Gasteiger partial charge on any atom is -0.354 e. The van der Waals surface area contributed by atoms with Gasteiger partial charge in [0.15, 0.2) is 0 Å². The van der Waals surface area contributed by atoms with Gasteiger partial charge in [0.1, 0.15) is 6.04 Å². The van der Waals surface area contributed by atoms with E-state index in [1.807, 2.05) is 13.8 Å². The molecule has 3 atom stereocenters. The van der Waals surface area contributed by atoms with Gasteiger partial charge in [0.2, 0.25) is 21.8 Å². The molecule has 0 saturated carbocycles. The van der Waals surface area contributed by atoms with Crippen LogP contribution >= 0.6 is 0 Å². The molecule has 2 heterocycles. The van der Waals surface area contributed by atoms with Crippen molar-refractivity contribution >= 4 is 21.8 Å². The Morgan fingerprint density at radius 3 is 2.43 bits per heavy atom. The summed E-state index contributed by atoms with van der Waals surface area (Å²) in [5.41, 5.74) is 0.141. The highest BCUT2D eigenvalue weighted by Crippen LogP contribution is 2.28. The van der Waals surface area contributed by atoms with Crippen molar-refractivity contribution in [2.75, 3.05) is 32.4 Å². The fourth-order valence-electron chi connectivity index (χ4n) is 3.84. The summed E-state index contributed by atoms with van der Waals surface area (Å²) in [6, 6.07) is -0.653. The SMILES string of the molecule is CC(C)C(=O)NC[C@H]1C(=O)N2C[C@@H](NS(C)(=O)=O)C[C@H]2CN1CCC(C)(C)C. The normalized spacial score (nSPS) is 26.6. The van der Waals surface area contributed by atoms with Crippen LogP contribution < -0.4 is 10.0 Å². The van der Waals surface area contributed by atoms with Crippen LogP contribution in [0.2, 0.25) is 0 Å². The number of carbonyl (C=O) groups excluding carboxylic acids is 2. The second-order valence-electron chi connectivity index (χ2n) is 9.69. The van der Waals surface area contributed by atoms with E-state index in [9.17, 15) is 18.0 Å². The average molecular weight is 417 g/mol. The van der Waals surface area contributed by atoms with Crippen molar-refractivity contribution in [3.05, 3.63) is 0 Å². The Balaban J connectivity index is 2.12. The Morgan fingerprint density at radius 2 is 1.89 bits per heavy atom. The molecule has 0 radical (unpaired) electrons. The third-order valence-electron chi connectivity index (χ3n) is 5.39. The summed E-state index contributed by atoms with van der Waals surface area (Å²) in [6.45, 7) is 12.3. The van der Waals surface area contributed by atoms with Crippen LogP contribution in [0.5, 0.6) is 0 Å². The number of nitrogens with zero attached hydrogens (tertiary/aromatic N) is 2. The fraction of sp³-hybridized carbons (Fsp3) is 0.895. The Hall–Kier alpha value is -1.19. The van der Waals surface area contributed by atoms with Gasteiger partial charge in [-0.3, -0.25) is 14.5 Å². The third kappa shape index (κ3) is 6.42. The summed E-state index contributed by atoms with van der Waals surface area (Å²) >= 11 is 0. The number of nitrogens with one attached hydrogen (secondary N) is 2. The van der Waals surface area contributed by atoms with Crippen LogP contribution in [0.25, 0.3) is 0 Å². The molecule has 2 fully saturated rings. The van der Waals surface area contributed by atoms with Crippen molar-refractivity contribution in [3.8, 4) is 0 Å². The first-order valence-corrected chi connectivity index (χ1v) is 12.0. The minimum absolute atomic E-state index is 0.00349. The van der Waals surface area contributed by atoms with E-state index >= 15 is 0 Å². The van der Waals surface area contributed by atoms with Gasteiger partial charge in [0.05, 0.1) is 6.26 Å². The van der Waals surface area contributed by atoms with Crippen molar-refractivity contribution < 1.29 is 18.0 Å². The molecule has 28 heavy (non-hydrogen) atoms. The molecular formula is C19H36N4O4S. The highest BCUT2D eigenvalue weighted by atomic mass is 32.2. The van der Waals surface area contributed by atoms with Gasteiger partial charge in [-0.2, -0.15) is 0 Å². The molecular weight excluding hydrogens is 380 g/mol. The Labute approximate surface area is 169 Å². The Morgan fingerprint density at radius 1 is 1.25 bits per heavy atom. The summed E-state index contributed by atoms with van der Waals surface area (Å²) in [6.07, 6.45) is 2.70. The van der Waals surface area contributed by atoms with E-state index < -0.39 is 16.1 Å². The summed E-state index contributed by atoms with van der Waals surface area (Å²) < 4.78 is 25.8. The first kappa shape index (κ1) is 23.1. The molecule has 2 aliphatic rings. The largest absolute Gasteiger partial charge is 0.354 e. The van der Waals surface area contributed by atoms with Crippen LogP contribution in [0.4, 0.5) is 0 Å². The van der Waals surface area contributed by atoms with Gasteiger partial charge in [0.25, 0.3) is 0 Å². The number of amides is 2. The van der Waals surface area contributed by atoms with Crippen LogP contribution in [0.15, 0.2) is 0 Å². The van der Waals surface area contributed by atoms with Crippen LogP contribution in [-0.2, 0) is 19.6 Å². The Bertz CT molecular complexity index is 687. The van der Waals surface area contributed by atoms with E-state index in [2.05, 4.69) is 35.7 Å². The fourth-order valence-corrected chi connectivity index (χ4v) is 4.61. The Kier molecular flexibility index (Phi) is 7.15. The zero-order valence-electron chi connectivity index (χ0n) is 18.0. The van der Waals surface area contributed by atoms with Crippen LogP contribution in [0.3, 0.4) is 0 Å². The van der Waals surface area contributed by atoms with E-state index in [1.165, 1.54) is 0 Å². The lowest BCUT2D eigenvalue weighted by atomic mass is 9.91. The van der Waals surface area contributed by atoms with Gasteiger partial charge in [-0.05, 0) is 24.8 Å². The molecule has 0 aliphatic carbocycles. The first-order chi connectivity index (χ1) is 12.8.